The van der Waals surface area contributed by atoms with E-state index in [1.165, 1.54) is 42.6 Å². The topological polar surface area (TPSA) is 191 Å². The summed E-state index contributed by atoms with van der Waals surface area (Å²) in [5.74, 6) is 1.91. The molecule has 0 radical (unpaired) electrons. The monoisotopic (exact) mass is 803 g/mol. The van der Waals surface area contributed by atoms with Gasteiger partial charge in [-0.15, -0.1) is 0 Å². The van der Waals surface area contributed by atoms with E-state index in [0.717, 1.165) is 10.9 Å². The fourth-order valence-electron chi connectivity index (χ4n) is 5.73. The molecule has 0 saturated carbocycles. The van der Waals surface area contributed by atoms with E-state index in [9.17, 15) is 19.6 Å². The van der Waals surface area contributed by atoms with Crippen LogP contribution in [0.15, 0.2) is 152 Å². The molecule has 2 heterocycles. The molecule has 0 atom stereocenters. The number of nitrogens with two attached hydrogens (primary N) is 1. The number of urea groups is 1. The number of anilines is 3. The number of hydrogen-bond acceptors (Lipinski definition) is 10. The van der Waals surface area contributed by atoms with Gasteiger partial charge < -0.3 is 35.7 Å². The molecule has 4 N–H and O–H groups in total. The number of amides is 2. The van der Waals surface area contributed by atoms with Crippen LogP contribution >= 0.6 is 0 Å². The molecule has 0 aliphatic rings. The number of nitrogens with one attached hydrogen (secondary N) is 2. The Balaban J connectivity index is 0.000000199. The van der Waals surface area contributed by atoms with Crippen molar-refractivity contribution >= 4 is 44.9 Å². The normalized spacial score (nSPS) is 10.2. The quantitative estimate of drug-likeness (QED) is 0.103. The summed E-state index contributed by atoms with van der Waals surface area (Å²) in [4.78, 5) is 20.6. The number of hydrogen-bond donors (Lipinski definition) is 3. The Morgan fingerprint density at radius 3 is 1.75 bits per heavy atom. The maximum absolute atomic E-state index is 12.9. The van der Waals surface area contributed by atoms with Crippen LogP contribution in [0, 0.1) is 28.5 Å². The summed E-state index contributed by atoms with van der Waals surface area (Å²) in [6, 6.07) is 42.2. The molecule has 2 amide bonds. The van der Waals surface area contributed by atoms with Crippen LogP contribution in [-0.4, -0.2) is 16.0 Å². The SMILES string of the molecule is N#Cc1cc2c(Oc3ccc(N)cc3)ccnc2cc1OCc1ccccc1.N#Cc1cc2c(Oc3ccc(NC(=O)Nc4ccc(F)cc4)cc3)ccnc2cc1[O-].[Na+]. The number of rotatable bonds is 9. The Kier molecular flexibility index (Phi) is 13.7. The predicted octanol–water partition coefficient (Wildman–Crippen LogP) is 6.82. The van der Waals surface area contributed by atoms with Crippen molar-refractivity contribution < 1.29 is 58.1 Å². The maximum atomic E-state index is 12.9. The largest absolute Gasteiger partial charge is 1.00 e. The number of nitriles is 2. The zero-order valence-electron chi connectivity index (χ0n) is 31.9. The van der Waals surface area contributed by atoms with Crippen LogP contribution in [0.2, 0.25) is 0 Å². The van der Waals surface area contributed by atoms with Crippen molar-refractivity contribution in [3.8, 4) is 46.6 Å². The van der Waals surface area contributed by atoms with E-state index in [-0.39, 0.29) is 40.9 Å². The molecular formula is C46H31FN7NaO5. The first-order chi connectivity index (χ1) is 28.7. The molecule has 0 aliphatic carbocycles. The first kappa shape index (κ1) is 41.9. The number of aromatic nitrogens is 2. The number of halogens is 1. The predicted molar refractivity (Wildman–Crippen MR) is 220 cm³/mol. The van der Waals surface area contributed by atoms with Crippen molar-refractivity contribution in [2.45, 2.75) is 6.61 Å². The molecule has 60 heavy (non-hydrogen) atoms. The number of benzene rings is 6. The van der Waals surface area contributed by atoms with Crippen molar-refractivity contribution in [2.24, 2.45) is 0 Å². The van der Waals surface area contributed by atoms with Crippen molar-refractivity contribution in [3.05, 3.63) is 174 Å². The Hall–Kier alpha value is -7.68. The minimum atomic E-state index is -0.474. The molecular weight excluding hydrogens is 773 g/mol. The summed E-state index contributed by atoms with van der Waals surface area (Å²) in [7, 11) is 0. The van der Waals surface area contributed by atoms with Crippen LogP contribution < -0.4 is 65.2 Å². The Labute approximate surface area is 365 Å². The van der Waals surface area contributed by atoms with Crippen molar-refractivity contribution in [1.82, 2.24) is 9.97 Å². The molecule has 0 saturated heterocycles. The molecule has 8 aromatic rings. The van der Waals surface area contributed by atoms with Crippen LogP contribution in [0.5, 0.6) is 34.5 Å². The van der Waals surface area contributed by atoms with E-state index in [4.69, 9.17) is 25.2 Å². The first-order valence-corrected chi connectivity index (χ1v) is 17.9. The molecule has 0 bridgehead atoms. The number of pyridine rings is 2. The molecule has 2 aromatic heterocycles. The number of ether oxygens (including phenoxy) is 3. The van der Waals surface area contributed by atoms with Crippen LogP contribution in [0.3, 0.4) is 0 Å². The van der Waals surface area contributed by atoms with Crippen LogP contribution in [-0.2, 0) is 6.61 Å². The Morgan fingerprint density at radius 1 is 0.667 bits per heavy atom. The van der Waals surface area contributed by atoms with E-state index in [1.807, 2.05) is 36.4 Å². The summed E-state index contributed by atoms with van der Waals surface area (Å²) in [5.41, 5.74) is 9.95. The molecule has 0 aliphatic heterocycles. The van der Waals surface area contributed by atoms with Gasteiger partial charge in [-0.25, -0.2) is 9.18 Å². The van der Waals surface area contributed by atoms with Gasteiger partial charge in [-0.05, 0) is 109 Å². The number of nitrogens with zero attached hydrogens (tertiary/aromatic N) is 4. The second-order valence-electron chi connectivity index (χ2n) is 12.7. The van der Waals surface area contributed by atoms with Gasteiger partial charge in [0.2, 0.25) is 0 Å². The standard InChI is InChI=1S/C23H15FN4O3.C23H17N3O2.Na/c24-15-1-3-16(4-2-15)27-23(30)28-17-5-7-18(8-6-17)31-22-9-10-26-20-12-21(29)14(13-25)11-19(20)22;24-14-17-12-20-21(13-23(17)27-15-16-4-2-1-3-5-16)26-11-10-22(20)28-19-8-6-18(25)7-9-19;/h1-12,29H,(H2,27,28,30);1-13H,15,25H2;/q;;+1/p-1. The van der Waals surface area contributed by atoms with Gasteiger partial charge in [0.05, 0.1) is 22.7 Å². The summed E-state index contributed by atoms with van der Waals surface area (Å²) in [5, 5.41) is 37.1. The molecule has 0 spiro atoms. The van der Waals surface area contributed by atoms with Crippen molar-refractivity contribution in [2.75, 3.05) is 16.4 Å². The molecule has 0 fully saturated rings. The number of carbonyl (C=O) groups excluding carboxylic acids is 1. The molecule has 288 valence electrons. The first-order valence-electron chi connectivity index (χ1n) is 17.9. The molecule has 14 heteroatoms. The van der Waals surface area contributed by atoms with Gasteiger partial charge in [-0.3, -0.25) is 9.97 Å². The second-order valence-corrected chi connectivity index (χ2v) is 12.7. The van der Waals surface area contributed by atoms with Gasteiger partial charge in [0.15, 0.2) is 0 Å². The average molecular weight is 804 g/mol. The zero-order chi connectivity index (χ0) is 41.1. The third kappa shape index (κ3) is 10.6. The fourth-order valence-corrected chi connectivity index (χ4v) is 5.73. The minimum absolute atomic E-state index is 0. The summed E-state index contributed by atoms with van der Waals surface area (Å²) in [6.07, 6.45) is 3.18. The molecule has 6 aromatic carbocycles. The van der Waals surface area contributed by atoms with Gasteiger partial charge in [0.1, 0.15) is 47.2 Å². The van der Waals surface area contributed by atoms with Gasteiger partial charge in [-0.1, -0.05) is 36.1 Å². The van der Waals surface area contributed by atoms with Crippen LogP contribution in [0.1, 0.15) is 16.7 Å². The van der Waals surface area contributed by atoms with E-state index in [0.29, 0.717) is 74.4 Å². The van der Waals surface area contributed by atoms with E-state index in [2.05, 4.69) is 26.7 Å². The number of carbonyl (C=O) groups is 1. The van der Waals surface area contributed by atoms with Crippen molar-refractivity contribution in [1.29, 1.82) is 10.5 Å². The van der Waals surface area contributed by atoms with Crippen molar-refractivity contribution in [3.63, 3.8) is 0 Å². The summed E-state index contributed by atoms with van der Waals surface area (Å²) < 4.78 is 30.7. The molecule has 12 nitrogen and oxygen atoms in total. The Bertz CT molecular complexity index is 2850. The summed E-state index contributed by atoms with van der Waals surface area (Å²) >= 11 is 0. The summed E-state index contributed by atoms with van der Waals surface area (Å²) in [6.45, 7) is 0.378. The maximum Gasteiger partial charge on any atom is 1.00 e. The van der Waals surface area contributed by atoms with Gasteiger partial charge in [0.25, 0.3) is 0 Å². The minimum Gasteiger partial charge on any atom is -0.872 e. The zero-order valence-corrected chi connectivity index (χ0v) is 33.9. The van der Waals surface area contributed by atoms with Crippen LogP contribution in [0.4, 0.5) is 26.2 Å². The van der Waals surface area contributed by atoms with Gasteiger partial charge in [-0.2, -0.15) is 10.5 Å². The average Bonchev–Trinajstić information content (AvgIpc) is 3.25. The third-order valence-electron chi connectivity index (χ3n) is 8.63. The van der Waals surface area contributed by atoms with E-state index in [1.54, 1.807) is 79.0 Å². The van der Waals surface area contributed by atoms with Gasteiger partial charge in [0, 0.05) is 51.9 Å². The van der Waals surface area contributed by atoms with E-state index < -0.39 is 11.8 Å². The smallest absolute Gasteiger partial charge is 0.872 e. The van der Waals surface area contributed by atoms with Gasteiger partial charge >= 0.3 is 35.6 Å². The molecule has 8 rings (SSSR count). The second kappa shape index (κ2) is 19.7. The fraction of sp³-hybridized carbons (Fsp3) is 0.0217. The third-order valence-corrected chi connectivity index (χ3v) is 8.63. The molecule has 0 unspecified atom stereocenters. The Morgan fingerprint density at radius 2 is 1.18 bits per heavy atom. The number of fused-ring (bicyclic) bond motifs is 2. The van der Waals surface area contributed by atoms with Crippen LogP contribution in [0.25, 0.3) is 21.8 Å². The number of nitrogen functional groups attached to an aromatic ring is 1. The van der Waals surface area contributed by atoms with E-state index >= 15 is 0 Å².